The van der Waals surface area contributed by atoms with Crippen molar-refractivity contribution in [3.63, 3.8) is 0 Å². The molecule has 158 valence electrons. The molecule has 0 aliphatic carbocycles. The van der Waals surface area contributed by atoms with E-state index in [1.807, 2.05) is 4.72 Å². The van der Waals surface area contributed by atoms with Gasteiger partial charge in [-0.25, -0.2) is 18.1 Å². The molecule has 0 aliphatic rings. The van der Waals surface area contributed by atoms with Gasteiger partial charge in [-0.1, -0.05) is 23.7 Å². The lowest BCUT2D eigenvalue weighted by atomic mass is 10.2. The fourth-order valence-electron chi connectivity index (χ4n) is 2.54. The van der Waals surface area contributed by atoms with E-state index in [2.05, 4.69) is 4.98 Å². The summed E-state index contributed by atoms with van der Waals surface area (Å²) in [6.07, 6.45) is -3.41. The Hall–Kier alpha value is -3.05. The van der Waals surface area contributed by atoms with Gasteiger partial charge in [-0.15, -0.1) is 0 Å². The van der Waals surface area contributed by atoms with Gasteiger partial charge in [0.2, 0.25) is 0 Å². The minimum absolute atomic E-state index is 0.0270. The number of benzene rings is 2. The molecule has 3 rings (SSSR count). The summed E-state index contributed by atoms with van der Waals surface area (Å²) in [6.45, 7) is 0. The average Bonchev–Trinajstić information content (AvgIpc) is 3.08. The number of halogens is 4. The number of sulfonamides is 1. The van der Waals surface area contributed by atoms with E-state index in [0.717, 1.165) is 35.2 Å². The molecule has 3 aromatic rings. The van der Waals surface area contributed by atoms with Crippen LogP contribution in [0.25, 0.3) is 5.69 Å². The summed E-state index contributed by atoms with van der Waals surface area (Å²) in [5.74, 6) is -1.09. The summed E-state index contributed by atoms with van der Waals surface area (Å²) in [6, 6.07) is 9.64. The molecule has 1 N–H and O–H groups in total. The fourth-order valence-corrected chi connectivity index (χ4v) is 3.94. The van der Waals surface area contributed by atoms with Crippen molar-refractivity contribution in [1.82, 2.24) is 14.3 Å². The summed E-state index contributed by atoms with van der Waals surface area (Å²) in [7, 11) is -3.03. The van der Waals surface area contributed by atoms with Gasteiger partial charge in [0.15, 0.2) is 5.69 Å². The largest absolute Gasteiger partial charge is 0.495 e. The Balaban J connectivity index is 1.88. The van der Waals surface area contributed by atoms with Crippen LogP contribution < -0.4 is 9.46 Å². The number of hydrogen-bond donors (Lipinski definition) is 1. The van der Waals surface area contributed by atoms with Crippen LogP contribution in [-0.4, -0.2) is 31.0 Å². The SMILES string of the molecule is COc1ccccc1S(=O)(=O)NC(=O)c1ncn(-c2ccc(C(F)(F)F)cc2)c1Cl. The number of para-hydroxylation sites is 1. The maximum atomic E-state index is 12.7. The highest BCUT2D eigenvalue weighted by Crippen LogP contribution is 2.30. The van der Waals surface area contributed by atoms with E-state index in [4.69, 9.17) is 16.3 Å². The number of carbonyl (C=O) groups excluding carboxylic acids is 1. The summed E-state index contributed by atoms with van der Waals surface area (Å²) in [5.41, 5.74) is -1.08. The molecule has 1 heterocycles. The topological polar surface area (TPSA) is 90.3 Å². The highest BCUT2D eigenvalue weighted by molar-refractivity contribution is 7.90. The number of nitrogens with zero attached hydrogens (tertiary/aromatic N) is 2. The Morgan fingerprint density at radius 3 is 2.37 bits per heavy atom. The van der Waals surface area contributed by atoms with Crippen molar-refractivity contribution in [3.8, 4) is 11.4 Å². The Labute approximate surface area is 174 Å². The molecular weight excluding hydrogens is 447 g/mol. The molecule has 30 heavy (non-hydrogen) atoms. The second-order valence-electron chi connectivity index (χ2n) is 5.88. The van der Waals surface area contributed by atoms with Gasteiger partial charge in [0.05, 0.1) is 12.7 Å². The van der Waals surface area contributed by atoms with E-state index in [1.54, 1.807) is 6.07 Å². The zero-order chi connectivity index (χ0) is 22.1. The fraction of sp³-hybridized carbons (Fsp3) is 0.111. The molecule has 0 aliphatic heterocycles. The molecule has 7 nitrogen and oxygen atoms in total. The Kier molecular flexibility index (Phi) is 5.77. The second kappa shape index (κ2) is 8.00. The Bertz CT molecular complexity index is 1190. The number of aromatic nitrogens is 2. The molecule has 0 atom stereocenters. The van der Waals surface area contributed by atoms with Crippen LogP contribution in [0, 0.1) is 0 Å². The van der Waals surface area contributed by atoms with Crippen LogP contribution in [0.2, 0.25) is 5.15 Å². The van der Waals surface area contributed by atoms with Crippen LogP contribution >= 0.6 is 11.6 Å². The van der Waals surface area contributed by atoms with Crippen molar-refractivity contribution in [3.05, 3.63) is 71.3 Å². The molecule has 0 bridgehead atoms. The van der Waals surface area contributed by atoms with E-state index in [9.17, 15) is 26.4 Å². The number of methoxy groups -OCH3 is 1. The first-order chi connectivity index (χ1) is 14.0. The van der Waals surface area contributed by atoms with Crippen molar-refractivity contribution in [1.29, 1.82) is 0 Å². The zero-order valence-corrected chi connectivity index (χ0v) is 16.7. The number of carbonyl (C=O) groups is 1. The molecule has 0 spiro atoms. The highest BCUT2D eigenvalue weighted by atomic mass is 35.5. The van der Waals surface area contributed by atoms with Gasteiger partial charge in [0.1, 0.15) is 22.1 Å². The number of alkyl halides is 3. The number of rotatable bonds is 5. The maximum Gasteiger partial charge on any atom is 0.416 e. The summed E-state index contributed by atoms with van der Waals surface area (Å²) in [5, 5.41) is -0.275. The van der Waals surface area contributed by atoms with Gasteiger partial charge < -0.3 is 4.74 Å². The lowest BCUT2D eigenvalue weighted by Gasteiger charge is -2.10. The lowest BCUT2D eigenvalue weighted by molar-refractivity contribution is -0.137. The third-order valence-corrected chi connectivity index (χ3v) is 5.71. The van der Waals surface area contributed by atoms with Crippen LogP contribution in [0.4, 0.5) is 13.2 Å². The minimum Gasteiger partial charge on any atom is -0.495 e. The first-order valence-electron chi connectivity index (χ1n) is 8.15. The van der Waals surface area contributed by atoms with Gasteiger partial charge in [0, 0.05) is 5.69 Å². The van der Waals surface area contributed by atoms with Gasteiger partial charge >= 0.3 is 6.18 Å². The van der Waals surface area contributed by atoms with Gasteiger partial charge in [-0.2, -0.15) is 13.2 Å². The molecule has 0 fully saturated rings. The number of nitrogens with one attached hydrogen (secondary N) is 1. The van der Waals surface area contributed by atoms with Crippen LogP contribution in [0.15, 0.2) is 59.8 Å². The van der Waals surface area contributed by atoms with E-state index in [-0.39, 0.29) is 21.5 Å². The maximum absolute atomic E-state index is 12.7. The van der Waals surface area contributed by atoms with Crippen molar-refractivity contribution in [2.24, 2.45) is 0 Å². The molecule has 0 unspecified atom stereocenters. The number of ether oxygens (including phenoxy) is 1. The summed E-state index contributed by atoms with van der Waals surface area (Å²) >= 11 is 6.11. The van der Waals surface area contributed by atoms with Gasteiger partial charge in [-0.3, -0.25) is 9.36 Å². The van der Waals surface area contributed by atoms with E-state index >= 15 is 0 Å². The van der Waals surface area contributed by atoms with E-state index < -0.39 is 33.4 Å². The molecule has 0 radical (unpaired) electrons. The molecular formula is C18H13ClF3N3O4S. The third kappa shape index (κ3) is 4.26. The number of hydrogen-bond acceptors (Lipinski definition) is 5. The molecule has 0 saturated heterocycles. The van der Waals surface area contributed by atoms with Crippen LogP contribution in [0.1, 0.15) is 16.1 Å². The highest BCUT2D eigenvalue weighted by Gasteiger charge is 2.30. The number of imidazole rings is 1. The normalized spacial score (nSPS) is 11.9. The number of amides is 1. The molecule has 2 aromatic carbocycles. The standard InChI is InChI=1S/C18H13ClF3N3O4S/c1-29-13-4-2-3-5-14(13)30(27,28)24-17(26)15-16(19)25(10-23-15)12-8-6-11(7-9-12)18(20,21)22/h2-10H,1H3,(H,24,26). The van der Waals surface area contributed by atoms with Crippen LogP contribution in [-0.2, 0) is 16.2 Å². The smallest absolute Gasteiger partial charge is 0.416 e. The monoisotopic (exact) mass is 459 g/mol. The lowest BCUT2D eigenvalue weighted by Crippen LogP contribution is -2.31. The molecule has 1 aromatic heterocycles. The van der Waals surface area contributed by atoms with Crippen molar-refractivity contribution in [2.75, 3.05) is 7.11 Å². The zero-order valence-electron chi connectivity index (χ0n) is 15.1. The van der Waals surface area contributed by atoms with Crippen molar-refractivity contribution in [2.45, 2.75) is 11.1 Å². The summed E-state index contributed by atoms with van der Waals surface area (Å²) < 4.78 is 71.1. The van der Waals surface area contributed by atoms with Crippen LogP contribution in [0.3, 0.4) is 0 Å². The van der Waals surface area contributed by atoms with Crippen LogP contribution in [0.5, 0.6) is 5.75 Å². The van der Waals surface area contributed by atoms with E-state index in [0.29, 0.717) is 0 Å². The second-order valence-corrected chi connectivity index (χ2v) is 7.89. The Morgan fingerprint density at radius 2 is 1.77 bits per heavy atom. The van der Waals surface area contributed by atoms with E-state index in [1.165, 1.54) is 25.3 Å². The third-order valence-electron chi connectivity index (χ3n) is 3.98. The minimum atomic E-state index is -4.50. The Morgan fingerprint density at radius 1 is 1.13 bits per heavy atom. The average molecular weight is 460 g/mol. The van der Waals surface area contributed by atoms with Gasteiger partial charge in [0.25, 0.3) is 15.9 Å². The predicted molar refractivity (Wildman–Crippen MR) is 101 cm³/mol. The quantitative estimate of drug-likeness (QED) is 0.628. The molecule has 1 amide bonds. The first kappa shape index (κ1) is 21.7. The predicted octanol–water partition coefficient (Wildman–Crippen LogP) is 3.67. The van der Waals surface area contributed by atoms with Gasteiger partial charge in [-0.05, 0) is 36.4 Å². The van der Waals surface area contributed by atoms with Crippen molar-refractivity contribution >= 4 is 27.5 Å². The first-order valence-corrected chi connectivity index (χ1v) is 10.0. The van der Waals surface area contributed by atoms with Crippen molar-refractivity contribution < 1.29 is 31.1 Å². The molecule has 12 heteroatoms. The summed E-state index contributed by atoms with van der Waals surface area (Å²) in [4.78, 5) is 16.0. The molecule has 0 saturated carbocycles.